The van der Waals surface area contributed by atoms with Gasteiger partial charge in [0.25, 0.3) is 0 Å². The average Bonchev–Trinajstić information content (AvgIpc) is 1.61. The van der Waals surface area contributed by atoms with E-state index in [1.807, 2.05) is 36.4 Å². The Bertz CT molecular complexity index is 6650. The molecule has 0 fully saturated rings. The molecular formula is C98H73Br2N5Se2. The molecule has 0 saturated heterocycles. The molecule has 0 unspecified atom stereocenters. The predicted octanol–water partition coefficient (Wildman–Crippen LogP) is 27.3. The molecule has 0 atom stereocenters. The molecule has 0 radical (unpaired) electrons. The Balaban J connectivity index is 0.000000111. The van der Waals surface area contributed by atoms with Gasteiger partial charge in [-0.1, -0.05) is 169 Å². The van der Waals surface area contributed by atoms with Crippen molar-refractivity contribution in [2.24, 2.45) is 0 Å². The summed E-state index contributed by atoms with van der Waals surface area (Å²) in [6, 6.07) is 140. The molecule has 5 aromatic heterocycles. The Morgan fingerprint density at radius 1 is 0.243 bits per heavy atom. The third-order valence-electron chi connectivity index (χ3n) is 19.4. The van der Waals surface area contributed by atoms with Crippen LogP contribution in [0.15, 0.2) is 403 Å². The molecule has 0 spiro atoms. The summed E-state index contributed by atoms with van der Waals surface area (Å²) in [5.74, 6) is 0. The normalized spacial score (nSPS) is 11.1. The fourth-order valence-electron chi connectivity index (χ4n) is 14.6. The summed E-state index contributed by atoms with van der Waals surface area (Å²) >= 11 is 7.97. The van der Waals surface area contributed by atoms with Crippen LogP contribution < -0.4 is 10.6 Å². The van der Waals surface area contributed by atoms with Crippen LogP contribution in [0.2, 0.25) is 0 Å². The van der Waals surface area contributed by atoms with Crippen LogP contribution >= 0.6 is 31.9 Å². The van der Waals surface area contributed by atoms with Crippen LogP contribution in [0.3, 0.4) is 0 Å². The van der Waals surface area contributed by atoms with Gasteiger partial charge in [0.05, 0.1) is 22.1 Å². The van der Waals surface area contributed by atoms with Crippen LogP contribution in [0.1, 0.15) is 18.6 Å². The number of nitrogen functional groups attached to an aromatic ring is 1. The van der Waals surface area contributed by atoms with Gasteiger partial charge >= 0.3 is 324 Å². The third-order valence-corrected chi connectivity index (χ3v) is 25.2. The number of aromatic nitrogens is 3. The second kappa shape index (κ2) is 31.7. The van der Waals surface area contributed by atoms with E-state index in [1.165, 1.54) is 142 Å². The molecule has 0 saturated carbocycles. The summed E-state index contributed by atoms with van der Waals surface area (Å²) < 4.78 is 15.3. The number of halogens is 2. The summed E-state index contributed by atoms with van der Waals surface area (Å²) in [6.45, 7) is 0. The van der Waals surface area contributed by atoms with Gasteiger partial charge in [-0.15, -0.1) is 0 Å². The van der Waals surface area contributed by atoms with E-state index in [2.05, 4.69) is 408 Å². The van der Waals surface area contributed by atoms with Gasteiger partial charge in [0.2, 0.25) is 0 Å². The van der Waals surface area contributed by atoms with Gasteiger partial charge in [-0.2, -0.15) is 0 Å². The van der Waals surface area contributed by atoms with Crippen molar-refractivity contribution in [3.05, 3.63) is 414 Å². The van der Waals surface area contributed by atoms with Gasteiger partial charge < -0.3 is 14.9 Å². The first-order chi connectivity index (χ1) is 52.3. The van der Waals surface area contributed by atoms with Gasteiger partial charge in [0.15, 0.2) is 0 Å². The van der Waals surface area contributed by atoms with Crippen molar-refractivity contribution in [2.75, 3.05) is 10.6 Å². The van der Waals surface area contributed by atoms with E-state index >= 15 is 0 Å². The molecule has 107 heavy (non-hydrogen) atoms. The molecule has 0 aliphatic carbocycles. The number of nitrogens with two attached hydrogens (primary N) is 1. The molecule has 5 heterocycles. The van der Waals surface area contributed by atoms with Gasteiger partial charge in [0.1, 0.15) is 0 Å². The van der Waals surface area contributed by atoms with Crippen LogP contribution in [0, 0.1) is 0 Å². The SMILES string of the molecule is Brc1ccc2[se]c3ccccc3c2c1.Brc1ccc2c3ccccc3n(-c3ccccc3)c2c1.C.Nc1ccccc1.c1ccc(Cc2ccc3c4ccccc4n(-c4ccccc4)c3c2)cc1.c1ccc(N(c2ccc3[se]c4ccccc4c3c2)c2ccc3c4ccccc4n(-c4ccccc4)c3c2)cc1. The summed E-state index contributed by atoms with van der Waals surface area (Å²) in [5, 5.41) is 13.3. The van der Waals surface area contributed by atoms with E-state index in [-0.39, 0.29) is 7.43 Å². The Hall–Kier alpha value is -11.5. The number of hydrogen-bond donors (Lipinski definition) is 1. The van der Waals surface area contributed by atoms with Crippen LogP contribution in [-0.4, -0.2) is 42.7 Å². The summed E-state index contributed by atoms with van der Waals surface area (Å²) in [5.41, 5.74) is 23.3. The van der Waals surface area contributed by atoms with Crippen molar-refractivity contribution >= 4 is 188 Å². The van der Waals surface area contributed by atoms with Crippen molar-refractivity contribution < 1.29 is 0 Å². The first kappa shape index (κ1) is 69.9. The number of fused-ring (bicyclic) bond motifs is 15. The molecule has 21 rings (SSSR count). The van der Waals surface area contributed by atoms with Crippen LogP contribution in [0.5, 0.6) is 0 Å². The Morgan fingerprint density at radius 3 is 1.07 bits per heavy atom. The zero-order valence-electron chi connectivity index (χ0n) is 57.7. The third kappa shape index (κ3) is 14.5. The fraction of sp³-hybridized carbons (Fsp3) is 0.0204. The molecule has 0 amide bonds. The number of rotatable bonds is 8. The van der Waals surface area contributed by atoms with Gasteiger partial charge in [-0.3, -0.25) is 0 Å². The van der Waals surface area contributed by atoms with Crippen molar-refractivity contribution in [3.8, 4) is 17.1 Å². The van der Waals surface area contributed by atoms with Crippen LogP contribution in [0.4, 0.5) is 22.7 Å². The van der Waals surface area contributed by atoms with Gasteiger partial charge in [0, 0.05) is 43.1 Å². The maximum atomic E-state index is 5.36. The summed E-state index contributed by atoms with van der Waals surface area (Å²) in [6.07, 6.45) is 0.951. The minimum absolute atomic E-state index is 0. The number of para-hydroxylation sites is 8. The van der Waals surface area contributed by atoms with Crippen molar-refractivity contribution in [2.45, 2.75) is 13.8 Å². The van der Waals surface area contributed by atoms with Crippen LogP contribution in [0.25, 0.3) is 121 Å². The zero-order chi connectivity index (χ0) is 71.3. The van der Waals surface area contributed by atoms with E-state index in [1.54, 1.807) is 0 Å². The quantitative estimate of drug-likeness (QED) is 0.122. The first-order valence-electron chi connectivity index (χ1n) is 35.4. The van der Waals surface area contributed by atoms with E-state index in [0.717, 1.165) is 28.0 Å². The molecule has 21 aromatic rings. The molecule has 516 valence electrons. The Kier molecular flexibility index (Phi) is 20.7. The number of hydrogen-bond acceptors (Lipinski definition) is 2. The van der Waals surface area contributed by atoms with Crippen molar-refractivity contribution in [3.63, 3.8) is 0 Å². The number of benzene rings is 16. The van der Waals surface area contributed by atoms with Crippen molar-refractivity contribution in [1.82, 2.24) is 13.7 Å². The van der Waals surface area contributed by atoms with Gasteiger partial charge in [-0.25, -0.2) is 0 Å². The molecule has 5 nitrogen and oxygen atoms in total. The van der Waals surface area contributed by atoms with E-state index in [0.29, 0.717) is 29.0 Å². The maximum absolute atomic E-state index is 5.36. The standard InChI is InChI=1S/C36H24N2Se.C25H19N.C18H12BrN.C12H7BrSe.C6H7N.CH4/c1-3-11-25(12-4-1)37(27-20-22-36-32(23-27)31-16-8-10-18-35(31)39-36)28-19-21-30-29-15-7-9-17-33(29)38(34(30)24-28)26-13-5-2-6-14-26;1-3-9-19(10-4-1)17-20-15-16-23-22-13-7-8-14-24(22)26(25(23)18-20)21-11-5-2-6-12-21;19-13-10-11-16-15-8-4-5-9-17(15)20(18(16)12-13)14-6-2-1-3-7-14;13-8-5-6-12-10(7-8)9-3-1-2-4-11(9)14-12;7-6-4-2-1-3-5-6;/h1-24H;1-16,18H,17H2;1-12H;1-7H;1-5H,7H2;1H4. The Morgan fingerprint density at radius 2 is 0.579 bits per heavy atom. The zero-order valence-corrected chi connectivity index (χ0v) is 64.3. The number of anilines is 4. The molecule has 0 aliphatic rings. The average molecular weight is 1640 g/mol. The predicted molar refractivity (Wildman–Crippen MR) is 470 cm³/mol. The summed E-state index contributed by atoms with van der Waals surface area (Å²) in [4.78, 5) is 2.39. The Labute approximate surface area is 651 Å². The molecule has 0 aliphatic heterocycles. The first-order valence-corrected chi connectivity index (χ1v) is 40.4. The van der Waals surface area contributed by atoms with E-state index < -0.39 is 0 Å². The fourth-order valence-corrected chi connectivity index (χ4v) is 19.9. The molecule has 9 heteroatoms. The van der Waals surface area contributed by atoms with E-state index in [4.69, 9.17) is 5.73 Å². The monoisotopic (exact) mass is 1640 g/mol. The molecular weight excluding hydrogens is 1560 g/mol. The van der Waals surface area contributed by atoms with Gasteiger partial charge in [-0.05, 0) is 84.3 Å². The second-order valence-corrected chi connectivity index (χ2v) is 32.4. The molecule has 0 bridgehead atoms. The van der Waals surface area contributed by atoms with Crippen molar-refractivity contribution in [1.29, 1.82) is 0 Å². The molecule has 16 aromatic carbocycles. The summed E-state index contributed by atoms with van der Waals surface area (Å²) in [7, 11) is 0. The molecule has 2 N–H and O–H groups in total. The minimum atomic E-state index is 0. The van der Waals surface area contributed by atoms with Crippen LogP contribution in [-0.2, 0) is 6.42 Å². The number of nitrogens with zero attached hydrogens (tertiary/aromatic N) is 4. The topological polar surface area (TPSA) is 44.0 Å². The second-order valence-electron chi connectivity index (χ2n) is 26.0. The van der Waals surface area contributed by atoms with E-state index in [9.17, 15) is 0 Å².